The summed E-state index contributed by atoms with van der Waals surface area (Å²) < 4.78 is 0. The Kier molecular flexibility index (Phi) is 7.05. The SMILES string of the molecule is C#CCN(CC=C)C(=O)[C@H]1CCC(=O)N(CCCN2CCCC2=O)C1. The molecular formula is C19H27N3O3. The molecule has 3 amide bonds. The van der Waals surface area contributed by atoms with Crippen LogP contribution in [0, 0.1) is 18.3 Å². The Bertz CT molecular complexity index is 567. The number of rotatable bonds is 8. The molecule has 2 aliphatic heterocycles. The highest BCUT2D eigenvalue weighted by atomic mass is 16.2. The molecule has 0 aromatic carbocycles. The van der Waals surface area contributed by atoms with Gasteiger partial charge in [-0.1, -0.05) is 12.0 Å². The molecule has 2 saturated heterocycles. The Balaban J connectivity index is 1.86. The minimum absolute atomic E-state index is 0.00919. The van der Waals surface area contributed by atoms with Crippen molar-refractivity contribution in [3.8, 4) is 12.3 Å². The zero-order chi connectivity index (χ0) is 18.2. The van der Waals surface area contributed by atoms with E-state index in [4.69, 9.17) is 6.42 Å². The van der Waals surface area contributed by atoms with E-state index in [0.29, 0.717) is 45.4 Å². The monoisotopic (exact) mass is 345 g/mol. The number of carbonyl (C=O) groups is 3. The van der Waals surface area contributed by atoms with Crippen molar-refractivity contribution in [1.29, 1.82) is 0 Å². The van der Waals surface area contributed by atoms with E-state index in [-0.39, 0.29) is 30.2 Å². The lowest BCUT2D eigenvalue weighted by Gasteiger charge is -2.34. The first kappa shape index (κ1) is 19.0. The summed E-state index contributed by atoms with van der Waals surface area (Å²) in [7, 11) is 0. The average molecular weight is 345 g/mol. The van der Waals surface area contributed by atoms with E-state index >= 15 is 0 Å². The van der Waals surface area contributed by atoms with E-state index < -0.39 is 0 Å². The molecule has 0 aliphatic carbocycles. The fraction of sp³-hybridized carbons (Fsp3) is 0.632. The van der Waals surface area contributed by atoms with Crippen molar-refractivity contribution in [2.24, 2.45) is 5.92 Å². The molecule has 0 aromatic heterocycles. The maximum Gasteiger partial charge on any atom is 0.228 e. The second-order valence-corrected chi connectivity index (χ2v) is 6.62. The standard InChI is InChI=1S/C19H27N3O3/c1-3-10-21(11-4-2)19(25)16-8-9-18(24)22(15-16)14-6-13-20-12-5-7-17(20)23/h1,4,16H,2,5-15H2/t16-/m0/s1. The van der Waals surface area contributed by atoms with Crippen LogP contribution >= 0.6 is 0 Å². The molecule has 2 fully saturated rings. The third kappa shape index (κ3) is 5.09. The van der Waals surface area contributed by atoms with Crippen LogP contribution < -0.4 is 0 Å². The van der Waals surface area contributed by atoms with Crippen molar-refractivity contribution < 1.29 is 14.4 Å². The second-order valence-electron chi connectivity index (χ2n) is 6.62. The van der Waals surface area contributed by atoms with Gasteiger partial charge in [0.1, 0.15) is 0 Å². The first-order valence-electron chi connectivity index (χ1n) is 8.95. The number of terminal acetylenes is 1. The highest BCUT2D eigenvalue weighted by molar-refractivity contribution is 5.84. The summed E-state index contributed by atoms with van der Waals surface area (Å²) in [4.78, 5) is 41.6. The van der Waals surface area contributed by atoms with Gasteiger partial charge in [0, 0.05) is 45.6 Å². The number of carbonyl (C=O) groups excluding carboxylic acids is 3. The molecule has 0 spiro atoms. The summed E-state index contributed by atoms with van der Waals surface area (Å²) in [5, 5.41) is 0. The van der Waals surface area contributed by atoms with Gasteiger partial charge < -0.3 is 14.7 Å². The number of hydrogen-bond donors (Lipinski definition) is 0. The van der Waals surface area contributed by atoms with Gasteiger partial charge in [0.2, 0.25) is 17.7 Å². The molecule has 0 aromatic rings. The van der Waals surface area contributed by atoms with Gasteiger partial charge in [-0.05, 0) is 19.3 Å². The number of nitrogens with zero attached hydrogens (tertiary/aromatic N) is 3. The molecule has 0 radical (unpaired) electrons. The fourth-order valence-corrected chi connectivity index (χ4v) is 3.48. The Morgan fingerprint density at radius 3 is 2.64 bits per heavy atom. The summed E-state index contributed by atoms with van der Waals surface area (Å²) in [6, 6.07) is 0. The number of piperidine rings is 1. The van der Waals surface area contributed by atoms with Crippen molar-refractivity contribution in [3.05, 3.63) is 12.7 Å². The summed E-state index contributed by atoms with van der Waals surface area (Å²) in [5.41, 5.74) is 0. The van der Waals surface area contributed by atoms with Gasteiger partial charge >= 0.3 is 0 Å². The highest BCUT2D eigenvalue weighted by Crippen LogP contribution is 2.20. The zero-order valence-corrected chi connectivity index (χ0v) is 14.8. The molecule has 2 heterocycles. The van der Waals surface area contributed by atoms with Crippen LogP contribution in [0.25, 0.3) is 0 Å². The predicted molar refractivity (Wildman–Crippen MR) is 95.3 cm³/mol. The average Bonchev–Trinajstić information content (AvgIpc) is 3.01. The van der Waals surface area contributed by atoms with Crippen LogP contribution in [0.5, 0.6) is 0 Å². The third-order valence-electron chi connectivity index (χ3n) is 4.82. The molecular weight excluding hydrogens is 318 g/mol. The number of likely N-dealkylation sites (tertiary alicyclic amines) is 2. The van der Waals surface area contributed by atoms with Crippen molar-refractivity contribution in [3.63, 3.8) is 0 Å². The van der Waals surface area contributed by atoms with E-state index in [1.54, 1.807) is 15.9 Å². The van der Waals surface area contributed by atoms with E-state index in [1.807, 2.05) is 4.90 Å². The first-order chi connectivity index (χ1) is 12.1. The number of hydrogen-bond acceptors (Lipinski definition) is 3. The van der Waals surface area contributed by atoms with Gasteiger partial charge in [-0.3, -0.25) is 14.4 Å². The highest BCUT2D eigenvalue weighted by Gasteiger charge is 2.32. The lowest BCUT2D eigenvalue weighted by atomic mass is 9.95. The third-order valence-corrected chi connectivity index (χ3v) is 4.82. The van der Waals surface area contributed by atoms with E-state index in [1.165, 1.54) is 0 Å². The molecule has 25 heavy (non-hydrogen) atoms. The van der Waals surface area contributed by atoms with Gasteiger partial charge in [-0.15, -0.1) is 13.0 Å². The molecule has 6 nitrogen and oxygen atoms in total. The van der Waals surface area contributed by atoms with Crippen molar-refractivity contribution >= 4 is 17.7 Å². The summed E-state index contributed by atoms with van der Waals surface area (Å²) in [6.45, 7) is 6.86. The lowest BCUT2D eigenvalue weighted by Crippen LogP contribution is -2.47. The molecule has 1 atom stereocenters. The van der Waals surface area contributed by atoms with Crippen LogP contribution in [0.2, 0.25) is 0 Å². The Hall–Kier alpha value is -2.29. The molecule has 136 valence electrons. The second kappa shape index (κ2) is 9.26. The van der Waals surface area contributed by atoms with Crippen LogP contribution in [-0.4, -0.2) is 71.7 Å². The lowest BCUT2D eigenvalue weighted by molar-refractivity contribution is -0.142. The molecule has 0 saturated carbocycles. The van der Waals surface area contributed by atoms with Gasteiger partial charge in [-0.2, -0.15) is 0 Å². The van der Waals surface area contributed by atoms with Crippen LogP contribution in [-0.2, 0) is 14.4 Å². The smallest absolute Gasteiger partial charge is 0.228 e. The largest absolute Gasteiger partial charge is 0.343 e. The van der Waals surface area contributed by atoms with E-state index in [9.17, 15) is 14.4 Å². The van der Waals surface area contributed by atoms with Crippen LogP contribution in [0.4, 0.5) is 0 Å². The van der Waals surface area contributed by atoms with Gasteiger partial charge in [0.25, 0.3) is 0 Å². The van der Waals surface area contributed by atoms with Gasteiger partial charge in [0.05, 0.1) is 12.5 Å². The summed E-state index contributed by atoms with van der Waals surface area (Å²) >= 11 is 0. The fourth-order valence-electron chi connectivity index (χ4n) is 3.48. The van der Waals surface area contributed by atoms with Gasteiger partial charge in [0.15, 0.2) is 0 Å². The zero-order valence-electron chi connectivity index (χ0n) is 14.8. The van der Waals surface area contributed by atoms with Crippen molar-refractivity contribution in [2.75, 3.05) is 39.3 Å². The quantitative estimate of drug-likeness (QED) is 0.485. The number of amides is 3. The van der Waals surface area contributed by atoms with E-state index in [0.717, 1.165) is 19.4 Å². The summed E-state index contributed by atoms with van der Waals surface area (Å²) in [5.74, 6) is 2.57. The topological polar surface area (TPSA) is 60.9 Å². The predicted octanol–water partition coefficient (Wildman–Crippen LogP) is 0.885. The molecule has 0 N–H and O–H groups in total. The van der Waals surface area contributed by atoms with Gasteiger partial charge in [-0.25, -0.2) is 0 Å². The minimum Gasteiger partial charge on any atom is -0.343 e. The van der Waals surface area contributed by atoms with E-state index in [2.05, 4.69) is 12.5 Å². The summed E-state index contributed by atoms with van der Waals surface area (Å²) in [6.07, 6.45) is 10.3. The maximum absolute atomic E-state index is 12.6. The molecule has 6 heteroatoms. The molecule has 0 bridgehead atoms. The Morgan fingerprint density at radius 1 is 1.28 bits per heavy atom. The minimum atomic E-state index is -0.209. The first-order valence-corrected chi connectivity index (χ1v) is 8.95. The molecule has 0 unspecified atom stereocenters. The Labute approximate surface area is 149 Å². The van der Waals surface area contributed by atoms with Crippen molar-refractivity contribution in [2.45, 2.75) is 32.1 Å². The maximum atomic E-state index is 12.6. The molecule has 2 rings (SSSR count). The van der Waals surface area contributed by atoms with Crippen LogP contribution in [0.3, 0.4) is 0 Å². The normalized spacial score (nSPS) is 20.5. The Morgan fingerprint density at radius 2 is 2.00 bits per heavy atom. The molecule has 2 aliphatic rings. The van der Waals surface area contributed by atoms with Crippen LogP contribution in [0.15, 0.2) is 12.7 Å². The van der Waals surface area contributed by atoms with Crippen LogP contribution in [0.1, 0.15) is 32.1 Å². The van der Waals surface area contributed by atoms with Crippen molar-refractivity contribution in [1.82, 2.24) is 14.7 Å².